The number of aromatic carboxylic acids is 1. The highest BCUT2D eigenvalue weighted by Gasteiger charge is 2.22. The van der Waals surface area contributed by atoms with Crippen LogP contribution < -0.4 is 4.74 Å². The average molecular weight is 267 g/mol. The third-order valence-corrected chi connectivity index (χ3v) is 2.75. The van der Waals surface area contributed by atoms with Crippen LogP contribution in [-0.4, -0.2) is 29.4 Å². The van der Waals surface area contributed by atoms with Crippen molar-refractivity contribution < 1.29 is 24.3 Å². The van der Waals surface area contributed by atoms with Gasteiger partial charge in [0.05, 0.1) is 17.1 Å². The van der Waals surface area contributed by atoms with Gasteiger partial charge in [0.25, 0.3) is 0 Å². The van der Waals surface area contributed by atoms with E-state index in [1.165, 1.54) is 6.07 Å². The van der Waals surface area contributed by atoms with Crippen LogP contribution in [0.3, 0.4) is 0 Å². The number of ether oxygens (including phenoxy) is 2. The summed E-state index contributed by atoms with van der Waals surface area (Å²) in [7, 11) is 0. The molecule has 0 amide bonds. The van der Waals surface area contributed by atoms with Crippen LogP contribution in [0.2, 0.25) is 0 Å². The quantitative estimate of drug-likeness (QED) is 0.351. The lowest BCUT2D eigenvalue weighted by molar-refractivity contribution is -0.386. The summed E-state index contributed by atoms with van der Waals surface area (Å²) in [4.78, 5) is 21.0. The van der Waals surface area contributed by atoms with E-state index < -0.39 is 10.9 Å². The first kappa shape index (κ1) is 13.3. The Hall–Kier alpha value is -2.15. The van der Waals surface area contributed by atoms with Crippen LogP contribution in [-0.2, 0) is 4.74 Å². The Labute approximate surface area is 108 Å². The Kier molecular flexibility index (Phi) is 3.96. The number of nitro groups is 1. The molecule has 0 bridgehead atoms. The lowest BCUT2D eigenvalue weighted by atomic mass is 10.2. The predicted molar refractivity (Wildman–Crippen MR) is 64.2 cm³/mol. The minimum absolute atomic E-state index is 0.0669. The molecule has 0 unspecified atom stereocenters. The van der Waals surface area contributed by atoms with Crippen molar-refractivity contribution in [1.82, 2.24) is 0 Å². The van der Waals surface area contributed by atoms with Gasteiger partial charge in [-0.3, -0.25) is 10.1 Å². The second-order valence-electron chi connectivity index (χ2n) is 4.32. The predicted octanol–water partition coefficient (Wildman–Crippen LogP) is 2.06. The van der Waals surface area contributed by atoms with Crippen molar-refractivity contribution >= 4 is 11.7 Å². The van der Waals surface area contributed by atoms with Crippen LogP contribution in [0.25, 0.3) is 0 Å². The van der Waals surface area contributed by atoms with Crippen molar-refractivity contribution in [2.75, 3.05) is 13.4 Å². The monoisotopic (exact) mass is 267 g/mol. The molecule has 0 spiro atoms. The van der Waals surface area contributed by atoms with Crippen LogP contribution in [0, 0.1) is 16.0 Å². The smallest absolute Gasteiger partial charge is 0.335 e. The molecule has 0 saturated heterocycles. The van der Waals surface area contributed by atoms with E-state index >= 15 is 0 Å². The van der Waals surface area contributed by atoms with Crippen molar-refractivity contribution in [1.29, 1.82) is 0 Å². The summed E-state index contributed by atoms with van der Waals surface area (Å²) in [6.45, 7) is 0.437. The van der Waals surface area contributed by atoms with Crippen molar-refractivity contribution in [3.63, 3.8) is 0 Å². The van der Waals surface area contributed by atoms with Crippen LogP contribution in [0.5, 0.6) is 5.75 Å². The van der Waals surface area contributed by atoms with E-state index in [1.807, 2.05) is 0 Å². The van der Waals surface area contributed by atoms with Crippen LogP contribution >= 0.6 is 0 Å². The van der Waals surface area contributed by atoms with Gasteiger partial charge in [0.15, 0.2) is 6.79 Å². The van der Waals surface area contributed by atoms with Crippen LogP contribution in [0.4, 0.5) is 5.69 Å². The van der Waals surface area contributed by atoms with Gasteiger partial charge in [0.1, 0.15) is 0 Å². The van der Waals surface area contributed by atoms with Crippen LogP contribution in [0.1, 0.15) is 23.2 Å². The van der Waals surface area contributed by atoms with Gasteiger partial charge in [0.2, 0.25) is 5.75 Å². The molecule has 0 aliphatic heterocycles. The minimum atomic E-state index is -1.17. The minimum Gasteiger partial charge on any atom is -0.478 e. The first-order valence-corrected chi connectivity index (χ1v) is 5.80. The molecule has 0 atom stereocenters. The summed E-state index contributed by atoms with van der Waals surface area (Å²) in [5.74, 6) is -0.705. The highest BCUT2D eigenvalue weighted by atomic mass is 16.7. The number of nitrogens with zero attached hydrogens (tertiary/aromatic N) is 1. The van der Waals surface area contributed by atoms with E-state index in [1.54, 1.807) is 0 Å². The Morgan fingerprint density at radius 2 is 2.21 bits per heavy atom. The number of carboxylic acids is 1. The van der Waals surface area contributed by atoms with E-state index in [0.717, 1.165) is 25.0 Å². The molecule has 19 heavy (non-hydrogen) atoms. The fourth-order valence-corrected chi connectivity index (χ4v) is 1.52. The number of benzene rings is 1. The van der Waals surface area contributed by atoms with Gasteiger partial charge in [-0.1, -0.05) is 0 Å². The number of hydrogen-bond acceptors (Lipinski definition) is 5. The highest BCUT2D eigenvalue weighted by Crippen LogP contribution is 2.30. The summed E-state index contributed by atoms with van der Waals surface area (Å²) >= 11 is 0. The zero-order valence-electron chi connectivity index (χ0n) is 10.1. The third kappa shape index (κ3) is 3.65. The van der Waals surface area contributed by atoms with Crippen molar-refractivity contribution in [2.24, 2.45) is 5.92 Å². The fourth-order valence-electron chi connectivity index (χ4n) is 1.52. The summed E-state index contributed by atoms with van der Waals surface area (Å²) in [6.07, 6.45) is 2.27. The lowest BCUT2D eigenvalue weighted by Gasteiger charge is -2.08. The first-order valence-electron chi connectivity index (χ1n) is 5.80. The molecule has 102 valence electrons. The number of rotatable bonds is 7. The maximum atomic E-state index is 10.8. The van der Waals surface area contributed by atoms with E-state index in [-0.39, 0.29) is 23.8 Å². The van der Waals surface area contributed by atoms with E-state index in [2.05, 4.69) is 0 Å². The van der Waals surface area contributed by atoms with Crippen LogP contribution in [0.15, 0.2) is 18.2 Å². The summed E-state index contributed by atoms with van der Waals surface area (Å²) < 4.78 is 10.3. The molecule has 0 aromatic heterocycles. The van der Waals surface area contributed by atoms with E-state index in [4.69, 9.17) is 14.6 Å². The molecule has 1 aliphatic rings. The van der Waals surface area contributed by atoms with Crippen molar-refractivity contribution in [3.05, 3.63) is 33.9 Å². The third-order valence-electron chi connectivity index (χ3n) is 2.75. The molecule has 1 aromatic carbocycles. The Morgan fingerprint density at radius 1 is 1.47 bits per heavy atom. The molecule has 1 fully saturated rings. The number of nitro benzene ring substituents is 1. The molecule has 7 nitrogen and oxygen atoms in total. The summed E-state index contributed by atoms with van der Waals surface area (Å²) in [6, 6.07) is 3.40. The molecule has 7 heteroatoms. The topological polar surface area (TPSA) is 98.9 Å². The van der Waals surface area contributed by atoms with E-state index in [9.17, 15) is 14.9 Å². The molecular formula is C12H13NO6. The van der Waals surface area contributed by atoms with Crippen molar-refractivity contribution in [3.8, 4) is 5.75 Å². The van der Waals surface area contributed by atoms with Gasteiger partial charge in [-0.2, -0.15) is 0 Å². The Bertz CT molecular complexity index is 497. The van der Waals surface area contributed by atoms with Gasteiger partial charge >= 0.3 is 11.7 Å². The first-order chi connectivity index (χ1) is 9.08. The molecule has 0 radical (unpaired) electrons. The largest absolute Gasteiger partial charge is 0.478 e. The number of hydrogen-bond donors (Lipinski definition) is 1. The fraction of sp³-hybridized carbons (Fsp3) is 0.417. The molecule has 2 rings (SSSR count). The maximum Gasteiger partial charge on any atom is 0.335 e. The molecule has 0 heterocycles. The second kappa shape index (κ2) is 5.66. The number of carboxylic acid groups (broad SMARTS) is 1. The SMILES string of the molecule is O=C(O)c1ccc([N+](=O)[O-])c(OCOCC2CC2)c1. The van der Waals surface area contributed by atoms with E-state index in [0.29, 0.717) is 12.5 Å². The zero-order valence-corrected chi connectivity index (χ0v) is 10.1. The molecule has 1 saturated carbocycles. The standard InChI is InChI=1S/C12H13NO6/c14-12(15)9-3-4-10(13(16)17)11(5-9)19-7-18-6-8-1-2-8/h3-5,8H,1-2,6-7H2,(H,14,15). The van der Waals surface area contributed by atoms with Gasteiger partial charge in [-0.15, -0.1) is 0 Å². The highest BCUT2D eigenvalue weighted by molar-refractivity contribution is 5.88. The lowest BCUT2D eigenvalue weighted by Crippen LogP contribution is -2.07. The maximum absolute atomic E-state index is 10.8. The Morgan fingerprint density at radius 3 is 2.79 bits per heavy atom. The normalized spacial score (nSPS) is 14.1. The van der Waals surface area contributed by atoms with Gasteiger partial charge < -0.3 is 14.6 Å². The molecule has 1 aliphatic carbocycles. The summed E-state index contributed by atoms with van der Waals surface area (Å²) in [5, 5.41) is 19.6. The van der Waals surface area contributed by atoms with Gasteiger partial charge in [-0.25, -0.2) is 4.79 Å². The Balaban J connectivity index is 2.03. The molecule has 1 N–H and O–H groups in total. The zero-order chi connectivity index (χ0) is 13.8. The average Bonchev–Trinajstić information content (AvgIpc) is 3.18. The van der Waals surface area contributed by atoms with Crippen molar-refractivity contribution in [2.45, 2.75) is 12.8 Å². The van der Waals surface area contributed by atoms with Gasteiger partial charge in [-0.05, 0) is 24.8 Å². The second-order valence-corrected chi connectivity index (χ2v) is 4.32. The molecule has 1 aromatic rings. The summed E-state index contributed by atoms with van der Waals surface area (Å²) in [5.41, 5.74) is -0.345. The van der Waals surface area contributed by atoms with Gasteiger partial charge in [0, 0.05) is 12.1 Å². The number of carbonyl (C=O) groups is 1. The molecular weight excluding hydrogens is 254 g/mol.